The van der Waals surface area contributed by atoms with E-state index in [-0.39, 0.29) is 6.04 Å². The highest BCUT2D eigenvalue weighted by molar-refractivity contribution is 5.20. The van der Waals surface area contributed by atoms with Crippen molar-refractivity contribution in [1.82, 2.24) is 10.3 Å². The minimum atomic E-state index is 0.133. The molecule has 0 saturated carbocycles. The molecular weight excluding hydrogens is 248 g/mol. The molecule has 1 aromatic heterocycles. The van der Waals surface area contributed by atoms with Crippen molar-refractivity contribution in [3.63, 3.8) is 0 Å². The molecule has 0 aliphatic heterocycles. The zero-order valence-electron chi connectivity index (χ0n) is 12.8. The molecule has 0 bridgehead atoms. The molecule has 1 aromatic carbocycles. The van der Waals surface area contributed by atoms with Crippen LogP contribution in [-0.2, 0) is 0 Å². The van der Waals surface area contributed by atoms with Crippen LogP contribution < -0.4 is 5.32 Å². The van der Waals surface area contributed by atoms with Crippen LogP contribution in [0, 0.1) is 12.8 Å². The van der Waals surface area contributed by atoms with Crippen LogP contribution in [0.4, 0.5) is 0 Å². The fourth-order valence-electron chi connectivity index (χ4n) is 2.40. The molecule has 0 spiro atoms. The first-order valence-electron chi connectivity index (χ1n) is 7.28. The van der Waals surface area contributed by atoms with Gasteiger partial charge in [-0.1, -0.05) is 44.2 Å². The first-order valence-corrected chi connectivity index (χ1v) is 7.28. The Morgan fingerprint density at radius 3 is 2.40 bits per heavy atom. The van der Waals surface area contributed by atoms with Crippen molar-refractivity contribution in [2.45, 2.75) is 39.7 Å². The number of rotatable bonds is 6. The largest absolute Gasteiger partial charge is 0.444 e. The van der Waals surface area contributed by atoms with Gasteiger partial charge < -0.3 is 9.73 Å². The maximum absolute atomic E-state index is 5.57. The van der Waals surface area contributed by atoms with Crippen LogP contribution in [0.3, 0.4) is 0 Å². The molecule has 2 aromatic rings. The Bertz CT molecular complexity index is 519. The van der Waals surface area contributed by atoms with E-state index in [1.54, 1.807) is 6.20 Å². The number of aromatic nitrogens is 1. The SMILES string of the molecule is Cc1cnc(C(C)NCC(c2ccccc2)C(C)C)o1. The second kappa shape index (κ2) is 6.71. The van der Waals surface area contributed by atoms with Crippen LogP contribution in [0.25, 0.3) is 0 Å². The fraction of sp³-hybridized carbons (Fsp3) is 0.471. The number of nitrogens with one attached hydrogen (secondary N) is 1. The third kappa shape index (κ3) is 3.70. The Morgan fingerprint density at radius 2 is 1.85 bits per heavy atom. The molecule has 3 nitrogen and oxygen atoms in total. The van der Waals surface area contributed by atoms with E-state index < -0.39 is 0 Å². The lowest BCUT2D eigenvalue weighted by molar-refractivity contribution is 0.376. The van der Waals surface area contributed by atoms with Gasteiger partial charge in [-0.25, -0.2) is 4.98 Å². The predicted octanol–water partition coefficient (Wildman–Crippen LogP) is 4.07. The normalized spacial score (nSPS) is 14.4. The summed E-state index contributed by atoms with van der Waals surface area (Å²) < 4.78 is 5.57. The Kier molecular flexibility index (Phi) is 4.96. The van der Waals surface area contributed by atoms with Crippen molar-refractivity contribution in [1.29, 1.82) is 0 Å². The highest BCUT2D eigenvalue weighted by Gasteiger charge is 2.18. The average molecular weight is 272 g/mol. The van der Waals surface area contributed by atoms with Crippen molar-refractivity contribution in [2.75, 3.05) is 6.54 Å². The van der Waals surface area contributed by atoms with E-state index in [2.05, 4.69) is 61.4 Å². The van der Waals surface area contributed by atoms with Gasteiger partial charge in [-0.15, -0.1) is 0 Å². The Balaban J connectivity index is 1.99. The minimum Gasteiger partial charge on any atom is -0.444 e. The second-order valence-corrected chi connectivity index (χ2v) is 5.70. The standard InChI is InChI=1S/C17H24N2O/c1-12(2)16(15-8-6-5-7-9-15)11-18-14(4)17-19-10-13(3)20-17/h5-10,12,14,16,18H,11H2,1-4H3. The molecule has 2 rings (SSSR count). The fourth-order valence-corrected chi connectivity index (χ4v) is 2.40. The molecule has 1 heterocycles. The summed E-state index contributed by atoms with van der Waals surface area (Å²) in [5.41, 5.74) is 1.38. The zero-order valence-corrected chi connectivity index (χ0v) is 12.8. The summed E-state index contributed by atoms with van der Waals surface area (Å²) in [7, 11) is 0. The van der Waals surface area contributed by atoms with Crippen LogP contribution in [0.5, 0.6) is 0 Å². The maximum Gasteiger partial charge on any atom is 0.211 e. The number of hydrogen-bond acceptors (Lipinski definition) is 3. The molecular formula is C17H24N2O. The van der Waals surface area contributed by atoms with Gasteiger partial charge in [0.05, 0.1) is 12.2 Å². The van der Waals surface area contributed by atoms with Gasteiger partial charge in [0.25, 0.3) is 0 Å². The van der Waals surface area contributed by atoms with Crippen LogP contribution in [0.1, 0.15) is 49.9 Å². The van der Waals surface area contributed by atoms with Gasteiger partial charge in [-0.05, 0) is 31.2 Å². The third-order valence-electron chi connectivity index (χ3n) is 3.69. The van der Waals surface area contributed by atoms with Gasteiger partial charge >= 0.3 is 0 Å². The van der Waals surface area contributed by atoms with E-state index in [4.69, 9.17) is 4.42 Å². The van der Waals surface area contributed by atoms with Gasteiger partial charge in [-0.2, -0.15) is 0 Å². The van der Waals surface area contributed by atoms with E-state index in [0.717, 1.165) is 18.2 Å². The van der Waals surface area contributed by atoms with Crippen molar-refractivity contribution in [2.24, 2.45) is 5.92 Å². The molecule has 3 heteroatoms. The summed E-state index contributed by atoms with van der Waals surface area (Å²) in [5, 5.41) is 3.54. The summed E-state index contributed by atoms with van der Waals surface area (Å²) >= 11 is 0. The highest BCUT2D eigenvalue weighted by atomic mass is 16.4. The monoisotopic (exact) mass is 272 g/mol. The highest BCUT2D eigenvalue weighted by Crippen LogP contribution is 2.24. The number of aryl methyl sites for hydroxylation is 1. The minimum absolute atomic E-state index is 0.133. The molecule has 0 aliphatic rings. The molecule has 0 amide bonds. The topological polar surface area (TPSA) is 38.1 Å². The van der Waals surface area contributed by atoms with Crippen LogP contribution in [0.15, 0.2) is 40.9 Å². The van der Waals surface area contributed by atoms with Crippen LogP contribution >= 0.6 is 0 Å². The number of nitrogens with zero attached hydrogens (tertiary/aromatic N) is 1. The molecule has 0 saturated heterocycles. The van der Waals surface area contributed by atoms with E-state index in [9.17, 15) is 0 Å². The van der Waals surface area contributed by atoms with Gasteiger partial charge in [0.2, 0.25) is 5.89 Å². The maximum atomic E-state index is 5.57. The Morgan fingerprint density at radius 1 is 1.15 bits per heavy atom. The van der Waals surface area contributed by atoms with E-state index in [1.807, 2.05) is 6.92 Å². The van der Waals surface area contributed by atoms with Gasteiger partial charge in [-0.3, -0.25) is 0 Å². The molecule has 2 unspecified atom stereocenters. The quantitative estimate of drug-likeness (QED) is 0.861. The number of hydrogen-bond donors (Lipinski definition) is 1. The lowest BCUT2D eigenvalue weighted by Crippen LogP contribution is -2.27. The zero-order chi connectivity index (χ0) is 14.5. The van der Waals surface area contributed by atoms with Crippen LogP contribution in [0.2, 0.25) is 0 Å². The molecule has 0 aliphatic carbocycles. The summed E-state index contributed by atoms with van der Waals surface area (Å²) in [4.78, 5) is 4.28. The second-order valence-electron chi connectivity index (χ2n) is 5.70. The van der Waals surface area contributed by atoms with Gasteiger partial charge in [0.15, 0.2) is 0 Å². The van der Waals surface area contributed by atoms with E-state index >= 15 is 0 Å². The molecule has 0 fully saturated rings. The molecule has 108 valence electrons. The molecule has 20 heavy (non-hydrogen) atoms. The van der Waals surface area contributed by atoms with Crippen molar-refractivity contribution < 1.29 is 4.42 Å². The summed E-state index contributed by atoms with van der Waals surface area (Å²) in [5.74, 6) is 2.70. The first-order chi connectivity index (χ1) is 9.58. The average Bonchev–Trinajstić information content (AvgIpc) is 2.86. The van der Waals surface area contributed by atoms with E-state index in [1.165, 1.54) is 5.56 Å². The molecule has 0 radical (unpaired) electrons. The van der Waals surface area contributed by atoms with E-state index in [0.29, 0.717) is 11.8 Å². The summed E-state index contributed by atoms with van der Waals surface area (Å²) in [6.07, 6.45) is 1.77. The third-order valence-corrected chi connectivity index (χ3v) is 3.69. The lowest BCUT2D eigenvalue weighted by Gasteiger charge is -2.23. The predicted molar refractivity (Wildman–Crippen MR) is 81.7 cm³/mol. The van der Waals surface area contributed by atoms with Gasteiger partial charge in [0, 0.05) is 6.54 Å². The van der Waals surface area contributed by atoms with Crippen LogP contribution in [-0.4, -0.2) is 11.5 Å². The lowest BCUT2D eigenvalue weighted by atomic mass is 9.88. The smallest absolute Gasteiger partial charge is 0.211 e. The number of oxazole rings is 1. The summed E-state index contributed by atoms with van der Waals surface area (Å²) in [6.45, 7) is 9.46. The van der Waals surface area contributed by atoms with Gasteiger partial charge in [0.1, 0.15) is 5.76 Å². The number of benzene rings is 1. The molecule has 2 atom stereocenters. The summed E-state index contributed by atoms with van der Waals surface area (Å²) in [6, 6.07) is 10.8. The van der Waals surface area contributed by atoms with Crippen molar-refractivity contribution in [3.8, 4) is 0 Å². The first kappa shape index (κ1) is 14.8. The van der Waals surface area contributed by atoms with Crippen molar-refractivity contribution >= 4 is 0 Å². The van der Waals surface area contributed by atoms with Crippen molar-refractivity contribution in [3.05, 3.63) is 53.7 Å². The Hall–Kier alpha value is -1.61. The molecule has 1 N–H and O–H groups in total. The Labute approximate surface area is 121 Å².